The summed E-state index contributed by atoms with van der Waals surface area (Å²) in [7, 11) is 0. The lowest BCUT2D eigenvalue weighted by Gasteiger charge is -2.21. The van der Waals surface area contributed by atoms with Gasteiger partial charge in [-0.2, -0.15) is 0 Å². The summed E-state index contributed by atoms with van der Waals surface area (Å²) in [5.41, 5.74) is 9.52. The summed E-state index contributed by atoms with van der Waals surface area (Å²) in [6.07, 6.45) is -0.476. The van der Waals surface area contributed by atoms with Crippen LogP contribution in [0.15, 0.2) is 36.4 Å². The van der Waals surface area contributed by atoms with Crippen LogP contribution in [-0.2, 0) is 0 Å². The summed E-state index contributed by atoms with van der Waals surface area (Å²) < 4.78 is 19.8. The van der Waals surface area contributed by atoms with Crippen molar-refractivity contribution >= 4 is 0 Å². The summed E-state index contributed by atoms with van der Waals surface area (Å²) in [5, 5.41) is 0. The molecule has 2 rings (SSSR count). The zero-order chi connectivity index (χ0) is 14.7. The average Bonchev–Trinajstić information content (AvgIpc) is 2.39. The highest BCUT2D eigenvalue weighted by atomic mass is 19.1. The van der Waals surface area contributed by atoms with E-state index in [1.807, 2.05) is 20.8 Å². The molecule has 2 aromatic rings. The van der Waals surface area contributed by atoms with Crippen LogP contribution in [0.4, 0.5) is 4.39 Å². The Morgan fingerprint density at radius 2 is 1.70 bits per heavy atom. The highest BCUT2D eigenvalue weighted by Crippen LogP contribution is 2.30. The molecule has 3 heteroatoms. The molecule has 106 valence electrons. The fourth-order valence-electron chi connectivity index (χ4n) is 2.47. The molecule has 0 amide bonds. The van der Waals surface area contributed by atoms with Crippen LogP contribution in [0.5, 0.6) is 5.75 Å². The Morgan fingerprint density at radius 1 is 1.10 bits per heavy atom. The van der Waals surface area contributed by atoms with Crippen LogP contribution in [-0.4, -0.2) is 6.54 Å². The predicted molar refractivity (Wildman–Crippen MR) is 79.5 cm³/mol. The van der Waals surface area contributed by atoms with E-state index in [-0.39, 0.29) is 12.4 Å². The molecule has 0 aliphatic carbocycles. The quantitative estimate of drug-likeness (QED) is 0.918. The highest BCUT2D eigenvalue weighted by Gasteiger charge is 2.17. The maximum Gasteiger partial charge on any atom is 0.139 e. The Bertz CT molecular complexity index is 587. The van der Waals surface area contributed by atoms with E-state index in [2.05, 4.69) is 12.1 Å². The summed E-state index contributed by atoms with van der Waals surface area (Å²) >= 11 is 0. The van der Waals surface area contributed by atoms with Crippen LogP contribution in [0.1, 0.15) is 28.4 Å². The van der Waals surface area contributed by atoms with E-state index >= 15 is 0 Å². The van der Waals surface area contributed by atoms with Crippen molar-refractivity contribution in [3.8, 4) is 5.75 Å². The molecule has 0 spiro atoms. The molecule has 0 fully saturated rings. The molecular formula is C17H20FNO. The molecule has 0 radical (unpaired) electrons. The number of halogens is 1. The smallest absolute Gasteiger partial charge is 0.139 e. The van der Waals surface area contributed by atoms with Gasteiger partial charge in [-0.15, -0.1) is 0 Å². The highest BCUT2D eigenvalue weighted by molar-refractivity contribution is 5.43. The fraction of sp³-hybridized carbons (Fsp3) is 0.294. The normalized spacial score (nSPS) is 12.2. The van der Waals surface area contributed by atoms with Gasteiger partial charge in [-0.3, -0.25) is 0 Å². The maximum atomic E-state index is 13.9. The largest absolute Gasteiger partial charge is 0.484 e. The molecule has 1 atom stereocenters. The zero-order valence-corrected chi connectivity index (χ0v) is 12.1. The van der Waals surface area contributed by atoms with Gasteiger partial charge < -0.3 is 10.5 Å². The third-order valence-corrected chi connectivity index (χ3v) is 3.33. The first-order chi connectivity index (χ1) is 9.52. The summed E-state index contributed by atoms with van der Waals surface area (Å²) in [6.45, 7) is 6.25. The Hall–Kier alpha value is -1.87. The van der Waals surface area contributed by atoms with Crippen molar-refractivity contribution < 1.29 is 9.13 Å². The van der Waals surface area contributed by atoms with Gasteiger partial charge in [0.15, 0.2) is 0 Å². The number of rotatable bonds is 4. The number of hydrogen-bond acceptors (Lipinski definition) is 2. The second-order valence-electron chi connectivity index (χ2n) is 5.09. The summed E-state index contributed by atoms with van der Waals surface area (Å²) in [5.74, 6) is 0.500. The second kappa shape index (κ2) is 6.06. The van der Waals surface area contributed by atoms with Gasteiger partial charge in [0, 0.05) is 12.1 Å². The van der Waals surface area contributed by atoms with Gasteiger partial charge in [0.1, 0.15) is 17.7 Å². The van der Waals surface area contributed by atoms with Crippen molar-refractivity contribution in [3.05, 3.63) is 64.5 Å². The van der Waals surface area contributed by atoms with Crippen LogP contribution >= 0.6 is 0 Å². The van der Waals surface area contributed by atoms with Gasteiger partial charge in [0.25, 0.3) is 0 Å². The first-order valence-electron chi connectivity index (χ1n) is 6.72. The third kappa shape index (κ3) is 2.99. The molecule has 0 bridgehead atoms. The molecule has 2 N–H and O–H groups in total. The minimum absolute atomic E-state index is 0.230. The summed E-state index contributed by atoms with van der Waals surface area (Å²) in [4.78, 5) is 0. The topological polar surface area (TPSA) is 35.2 Å². The standard InChI is InChI=1S/C17H20FNO/c1-11-8-12(2)17(13(3)9-11)20-16(10-19)14-6-4-5-7-15(14)18/h4-9,16H,10,19H2,1-3H3. The molecule has 0 heterocycles. The van der Waals surface area contributed by atoms with Gasteiger partial charge in [0.05, 0.1) is 0 Å². The fourth-order valence-corrected chi connectivity index (χ4v) is 2.47. The molecule has 0 saturated carbocycles. The van der Waals surface area contributed by atoms with Crippen LogP contribution < -0.4 is 10.5 Å². The van der Waals surface area contributed by atoms with Crippen molar-refractivity contribution in [3.63, 3.8) is 0 Å². The van der Waals surface area contributed by atoms with Crippen LogP contribution in [0, 0.1) is 26.6 Å². The summed E-state index contributed by atoms with van der Waals surface area (Å²) in [6, 6.07) is 10.7. The number of benzene rings is 2. The van der Waals surface area contributed by atoms with Gasteiger partial charge >= 0.3 is 0 Å². The number of aryl methyl sites for hydroxylation is 3. The van der Waals surface area contributed by atoms with Gasteiger partial charge in [-0.25, -0.2) is 4.39 Å². The predicted octanol–water partition coefficient (Wildman–Crippen LogP) is 3.83. The van der Waals surface area contributed by atoms with Gasteiger partial charge in [0.2, 0.25) is 0 Å². The van der Waals surface area contributed by atoms with E-state index in [1.54, 1.807) is 18.2 Å². The van der Waals surface area contributed by atoms with Crippen LogP contribution in [0.25, 0.3) is 0 Å². The zero-order valence-electron chi connectivity index (χ0n) is 12.1. The lowest BCUT2D eigenvalue weighted by atomic mass is 10.1. The Kier molecular flexibility index (Phi) is 4.40. The SMILES string of the molecule is Cc1cc(C)c(OC(CN)c2ccccc2F)c(C)c1. The van der Waals surface area contributed by atoms with Crippen molar-refractivity contribution in [2.24, 2.45) is 5.73 Å². The molecule has 20 heavy (non-hydrogen) atoms. The average molecular weight is 273 g/mol. The third-order valence-electron chi connectivity index (χ3n) is 3.33. The van der Waals surface area contributed by atoms with Crippen LogP contribution in [0.3, 0.4) is 0 Å². The van der Waals surface area contributed by atoms with Crippen LogP contribution in [0.2, 0.25) is 0 Å². The van der Waals surface area contributed by atoms with Crippen molar-refractivity contribution in [2.45, 2.75) is 26.9 Å². The lowest BCUT2D eigenvalue weighted by molar-refractivity contribution is 0.206. The molecule has 0 aromatic heterocycles. The number of hydrogen-bond donors (Lipinski definition) is 1. The first kappa shape index (κ1) is 14.5. The van der Waals surface area contributed by atoms with E-state index in [0.29, 0.717) is 5.56 Å². The Morgan fingerprint density at radius 3 is 2.25 bits per heavy atom. The minimum Gasteiger partial charge on any atom is -0.484 e. The molecule has 2 aromatic carbocycles. The molecule has 0 aliphatic rings. The molecule has 1 unspecified atom stereocenters. The van der Waals surface area contributed by atoms with E-state index < -0.39 is 6.10 Å². The van der Waals surface area contributed by atoms with E-state index in [4.69, 9.17) is 10.5 Å². The lowest BCUT2D eigenvalue weighted by Crippen LogP contribution is -2.20. The molecular weight excluding hydrogens is 253 g/mol. The minimum atomic E-state index is -0.476. The molecule has 0 saturated heterocycles. The van der Waals surface area contributed by atoms with Gasteiger partial charge in [-0.1, -0.05) is 35.9 Å². The Balaban J connectivity index is 2.35. The van der Waals surface area contributed by atoms with Crippen molar-refractivity contribution in [1.29, 1.82) is 0 Å². The first-order valence-corrected chi connectivity index (χ1v) is 6.72. The van der Waals surface area contributed by atoms with Crippen molar-refractivity contribution in [1.82, 2.24) is 0 Å². The van der Waals surface area contributed by atoms with E-state index in [1.165, 1.54) is 11.6 Å². The van der Waals surface area contributed by atoms with Crippen molar-refractivity contribution in [2.75, 3.05) is 6.54 Å². The molecule has 2 nitrogen and oxygen atoms in total. The van der Waals surface area contributed by atoms with E-state index in [9.17, 15) is 4.39 Å². The monoisotopic (exact) mass is 273 g/mol. The molecule has 0 aliphatic heterocycles. The second-order valence-corrected chi connectivity index (χ2v) is 5.09. The Labute approximate surface area is 119 Å². The van der Waals surface area contributed by atoms with Gasteiger partial charge in [-0.05, 0) is 38.0 Å². The maximum absolute atomic E-state index is 13.9. The van der Waals surface area contributed by atoms with E-state index in [0.717, 1.165) is 16.9 Å². The number of ether oxygens (including phenoxy) is 1. The number of nitrogens with two attached hydrogens (primary N) is 1.